The highest BCUT2D eigenvalue weighted by atomic mass is 35.5. The van der Waals surface area contributed by atoms with E-state index < -0.39 is 6.10 Å². The fraction of sp³-hybridized carbons (Fsp3) is 0.214. The summed E-state index contributed by atoms with van der Waals surface area (Å²) in [5.41, 5.74) is 0.736. The van der Waals surface area contributed by atoms with Crippen LogP contribution in [0.5, 0.6) is 0 Å². The highest BCUT2D eigenvalue weighted by Crippen LogP contribution is 2.19. The van der Waals surface area contributed by atoms with Gasteiger partial charge in [-0.05, 0) is 36.2 Å². The van der Waals surface area contributed by atoms with E-state index in [2.05, 4.69) is 5.32 Å². The summed E-state index contributed by atoms with van der Waals surface area (Å²) >= 11 is 5.85. The average molecular weight is 280 g/mol. The lowest BCUT2D eigenvalue weighted by molar-refractivity contribution is 0.0915. The first-order valence-corrected chi connectivity index (χ1v) is 6.30. The lowest BCUT2D eigenvalue weighted by Crippen LogP contribution is -2.25. The first kappa shape index (κ1) is 13.6. The van der Waals surface area contributed by atoms with E-state index in [-0.39, 0.29) is 11.7 Å². The maximum Gasteiger partial charge on any atom is 0.286 e. The van der Waals surface area contributed by atoms with E-state index in [1.165, 1.54) is 6.26 Å². The fourth-order valence-corrected chi connectivity index (χ4v) is 1.90. The molecule has 0 bridgehead atoms. The van der Waals surface area contributed by atoms with E-state index in [9.17, 15) is 9.90 Å². The van der Waals surface area contributed by atoms with E-state index in [1.807, 2.05) is 0 Å². The molecule has 100 valence electrons. The molecule has 19 heavy (non-hydrogen) atoms. The Morgan fingerprint density at radius 2 is 2.21 bits per heavy atom. The molecule has 1 aromatic carbocycles. The molecule has 0 saturated carbocycles. The first-order chi connectivity index (χ1) is 9.16. The van der Waals surface area contributed by atoms with Gasteiger partial charge in [-0.3, -0.25) is 4.79 Å². The molecular formula is C14H14ClNO3. The third-order valence-corrected chi connectivity index (χ3v) is 2.92. The Balaban J connectivity index is 1.81. The molecule has 0 spiro atoms. The van der Waals surface area contributed by atoms with Crippen LogP contribution in [0.1, 0.15) is 28.6 Å². The van der Waals surface area contributed by atoms with Crippen molar-refractivity contribution in [1.29, 1.82) is 0 Å². The molecule has 2 N–H and O–H groups in total. The Hall–Kier alpha value is -1.78. The maximum atomic E-state index is 11.6. The van der Waals surface area contributed by atoms with Gasteiger partial charge in [-0.15, -0.1) is 0 Å². The van der Waals surface area contributed by atoms with Crippen LogP contribution in [0.25, 0.3) is 0 Å². The van der Waals surface area contributed by atoms with Gasteiger partial charge in [0.15, 0.2) is 5.76 Å². The standard InChI is InChI=1S/C14H14ClNO3/c15-11-4-1-3-10(9-11)12(17)6-7-16-14(18)13-5-2-8-19-13/h1-5,8-9,12,17H,6-7H2,(H,16,18)/t12-/m1/s1. The van der Waals surface area contributed by atoms with E-state index in [0.29, 0.717) is 18.0 Å². The van der Waals surface area contributed by atoms with Crippen LogP contribution in [0, 0.1) is 0 Å². The Morgan fingerprint density at radius 3 is 2.89 bits per heavy atom. The Bertz CT molecular complexity index is 539. The Kier molecular flexibility index (Phi) is 4.60. The van der Waals surface area contributed by atoms with Crippen molar-refractivity contribution in [3.63, 3.8) is 0 Å². The van der Waals surface area contributed by atoms with Crippen LogP contribution in [-0.2, 0) is 0 Å². The Labute approximate surface area is 116 Å². The molecule has 0 radical (unpaired) electrons. The van der Waals surface area contributed by atoms with Crippen LogP contribution in [0.15, 0.2) is 47.1 Å². The summed E-state index contributed by atoms with van der Waals surface area (Å²) < 4.78 is 4.96. The predicted molar refractivity (Wildman–Crippen MR) is 72.1 cm³/mol. The number of aliphatic hydroxyl groups excluding tert-OH is 1. The molecule has 0 fully saturated rings. The van der Waals surface area contributed by atoms with E-state index in [1.54, 1.807) is 36.4 Å². The van der Waals surface area contributed by atoms with Gasteiger partial charge >= 0.3 is 0 Å². The molecule has 1 amide bonds. The van der Waals surface area contributed by atoms with Crippen molar-refractivity contribution < 1.29 is 14.3 Å². The zero-order chi connectivity index (χ0) is 13.7. The van der Waals surface area contributed by atoms with E-state index in [0.717, 1.165) is 5.56 Å². The highest BCUT2D eigenvalue weighted by molar-refractivity contribution is 6.30. The normalized spacial score (nSPS) is 12.1. The van der Waals surface area contributed by atoms with Crippen LogP contribution < -0.4 is 5.32 Å². The SMILES string of the molecule is O=C(NCC[C@@H](O)c1cccc(Cl)c1)c1ccco1. The van der Waals surface area contributed by atoms with Crippen LogP contribution in [0.2, 0.25) is 5.02 Å². The van der Waals surface area contributed by atoms with Crippen LogP contribution >= 0.6 is 11.6 Å². The van der Waals surface area contributed by atoms with Crippen molar-refractivity contribution in [3.8, 4) is 0 Å². The molecule has 0 aliphatic carbocycles. The van der Waals surface area contributed by atoms with Gasteiger partial charge in [-0.1, -0.05) is 23.7 Å². The van der Waals surface area contributed by atoms with Crippen molar-refractivity contribution in [2.45, 2.75) is 12.5 Å². The van der Waals surface area contributed by atoms with Gasteiger partial charge in [0.1, 0.15) is 0 Å². The highest BCUT2D eigenvalue weighted by Gasteiger charge is 2.11. The minimum atomic E-state index is -0.657. The third-order valence-electron chi connectivity index (χ3n) is 2.68. The van der Waals surface area contributed by atoms with Gasteiger partial charge in [-0.2, -0.15) is 0 Å². The number of nitrogens with one attached hydrogen (secondary N) is 1. The van der Waals surface area contributed by atoms with Crippen LogP contribution in [0.3, 0.4) is 0 Å². The molecule has 0 aliphatic rings. The second kappa shape index (κ2) is 6.41. The fourth-order valence-electron chi connectivity index (χ4n) is 1.70. The Morgan fingerprint density at radius 1 is 1.37 bits per heavy atom. The maximum absolute atomic E-state index is 11.6. The summed E-state index contributed by atoms with van der Waals surface area (Å²) in [5, 5.41) is 13.2. The van der Waals surface area contributed by atoms with Gasteiger partial charge < -0.3 is 14.8 Å². The van der Waals surface area contributed by atoms with Crippen molar-refractivity contribution in [3.05, 3.63) is 59.0 Å². The second-order valence-corrected chi connectivity index (χ2v) is 4.53. The molecule has 4 nitrogen and oxygen atoms in total. The number of carbonyl (C=O) groups is 1. The minimum Gasteiger partial charge on any atom is -0.459 e. The number of amides is 1. The van der Waals surface area contributed by atoms with Gasteiger partial charge in [-0.25, -0.2) is 0 Å². The largest absolute Gasteiger partial charge is 0.459 e. The summed E-state index contributed by atoms with van der Waals surface area (Å²) in [4.78, 5) is 11.6. The number of hydrogen-bond donors (Lipinski definition) is 2. The quantitative estimate of drug-likeness (QED) is 0.885. The number of halogens is 1. The number of furan rings is 1. The zero-order valence-electron chi connectivity index (χ0n) is 10.2. The summed E-state index contributed by atoms with van der Waals surface area (Å²) in [7, 11) is 0. The number of carbonyl (C=O) groups excluding carboxylic acids is 1. The van der Waals surface area contributed by atoms with Crippen LogP contribution in [0.4, 0.5) is 0 Å². The third kappa shape index (κ3) is 3.84. The number of rotatable bonds is 5. The molecular weight excluding hydrogens is 266 g/mol. The summed E-state index contributed by atoms with van der Waals surface area (Å²) in [6.07, 6.45) is 1.19. The van der Waals surface area contributed by atoms with E-state index >= 15 is 0 Å². The molecule has 2 rings (SSSR count). The second-order valence-electron chi connectivity index (χ2n) is 4.09. The van der Waals surface area contributed by atoms with Crippen molar-refractivity contribution in [2.75, 3.05) is 6.54 Å². The summed E-state index contributed by atoms with van der Waals surface area (Å²) in [6.45, 7) is 0.354. The van der Waals surface area contributed by atoms with Crippen LogP contribution in [-0.4, -0.2) is 17.6 Å². The molecule has 5 heteroatoms. The monoisotopic (exact) mass is 279 g/mol. The van der Waals surface area contributed by atoms with Gasteiger partial charge in [0.05, 0.1) is 12.4 Å². The van der Waals surface area contributed by atoms with E-state index in [4.69, 9.17) is 16.0 Å². The first-order valence-electron chi connectivity index (χ1n) is 5.92. The molecule has 0 saturated heterocycles. The minimum absolute atomic E-state index is 0.261. The van der Waals surface area contributed by atoms with Crippen molar-refractivity contribution in [2.24, 2.45) is 0 Å². The van der Waals surface area contributed by atoms with Gasteiger partial charge in [0.25, 0.3) is 5.91 Å². The summed E-state index contributed by atoms with van der Waals surface area (Å²) in [5.74, 6) is -0.0273. The molecule has 1 atom stereocenters. The van der Waals surface area contributed by atoms with Gasteiger partial charge in [0, 0.05) is 11.6 Å². The topological polar surface area (TPSA) is 62.5 Å². The molecule has 0 aliphatic heterocycles. The molecule has 0 unspecified atom stereocenters. The van der Waals surface area contributed by atoms with Crippen molar-refractivity contribution >= 4 is 17.5 Å². The summed E-state index contributed by atoms with van der Waals surface area (Å²) in [6, 6.07) is 10.3. The number of aliphatic hydroxyl groups is 1. The van der Waals surface area contributed by atoms with Gasteiger partial charge in [0.2, 0.25) is 0 Å². The number of hydrogen-bond acceptors (Lipinski definition) is 3. The average Bonchev–Trinajstić information content (AvgIpc) is 2.92. The lowest BCUT2D eigenvalue weighted by atomic mass is 10.1. The molecule has 1 aromatic heterocycles. The van der Waals surface area contributed by atoms with Crippen molar-refractivity contribution in [1.82, 2.24) is 5.32 Å². The molecule has 1 heterocycles. The molecule has 2 aromatic rings. The zero-order valence-corrected chi connectivity index (χ0v) is 10.9. The predicted octanol–water partition coefficient (Wildman–Crippen LogP) is 2.79. The lowest BCUT2D eigenvalue weighted by Gasteiger charge is -2.11. The smallest absolute Gasteiger partial charge is 0.286 e. The number of benzene rings is 1.